The minimum Gasteiger partial charge on any atom is -0.334 e. The highest BCUT2D eigenvalue weighted by molar-refractivity contribution is 5.74. The summed E-state index contributed by atoms with van der Waals surface area (Å²) in [4.78, 5) is 16.1. The molecule has 136 valence electrons. The number of hydrogen-bond donors (Lipinski definition) is 2. The lowest BCUT2D eigenvalue weighted by Crippen LogP contribution is -2.48. The van der Waals surface area contributed by atoms with Crippen LogP contribution >= 0.6 is 0 Å². The summed E-state index contributed by atoms with van der Waals surface area (Å²) in [5.41, 5.74) is 8.07. The molecule has 1 unspecified atom stereocenters. The van der Waals surface area contributed by atoms with Gasteiger partial charge in [-0.3, -0.25) is 4.90 Å². The van der Waals surface area contributed by atoms with Crippen LogP contribution in [0.5, 0.6) is 0 Å². The van der Waals surface area contributed by atoms with Gasteiger partial charge in [-0.25, -0.2) is 9.18 Å². The second-order valence-electron chi connectivity index (χ2n) is 6.46. The number of nitrogens with zero attached hydrogens (tertiary/aromatic N) is 2. The van der Waals surface area contributed by atoms with Gasteiger partial charge in [0.1, 0.15) is 5.82 Å². The van der Waals surface area contributed by atoms with Crippen LogP contribution in [0.15, 0.2) is 12.1 Å². The largest absolute Gasteiger partial charge is 0.334 e. The van der Waals surface area contributed by atoms with E-state index in [1.54, 1.807) is 18.0 Å². The van der Waals surface area contributed by atoms with E-state index in [0.29, 0.717) is 18.8 Å². The normalized spacial score (nSPS) is 12.3. The maximum Gasteiger partial charge on any atom is 0.317 e. The Balaban J connectivity index is 2.69. The van der Waals surface area contributed by atoms with Crippen molar-refractivity contribution in [2.24, 2.45) is 5.73 Å². The van der Waals surface area contributed by atoms with Crippen molar-refractivity contribution in [1.29, 1.82) is 0 Å². The Labute approximate surface area is 145 Å². The molecule has 0 aromatic heterocycles. The number of rotatable bonds is 8. The molecular weight excluding hydrogens is 307 g/mol. The average molecular weight is 338 g/mol. The van der Waals surface area contributed by atoms with Crippen molar-refractivity contribution in [2.75, 3.05) is 27.3 Å². The van der Waals surface area contributed by atoms with Crippen molar-refractivity contribution >= 4 is 6.03 Å². The zero-order valence-corrected chi connectivity index (χ0v) is 15.5. The van der Waals surface area contributed by atoms with Crippen LogP contribution in [0.2, 0.25) is 0 Å². The molecule has 0 aliphatic rings. The molecule has 0 saturated carbocycles. The molecule has 0 aliphatic heterocycles. The minimum absolute atomic E-state index is 0.0770. The van der Waals surface area contributed by atoms with Crippen molar-refractivity contribution in [3.8, 4) is 0 Å². The number of halogens is 1. The smallest absolute Gasteiger partial charge is 0.317 e. The fraction of sp³-hybridized carbons (Fsp3) is 0.611. The number of carbonyl (C=O) groups is 1. The van der Waals surface area contributed by atoms with E-state index in [-0.39, 0.29) is 24.4 Å². The summed E-state index contributed by atoms with van der Waals surface area (Å²) < 4.78 is 14.0. The zero-order valence-electron chi connectivity index (χ0n) is 15.5. The summed E-state index contributed by atoms with van der Waals surface area (Å²) in [7, 11) is 3.70. The van der Waals surface area contributed by atoms with Crippen LogP contribution in [0.3, 0.4) is 0 Å². The molecular formula is C18H31FN4O. The fourth-order valence-electron chi connectivity index (χ4n) is 2.61. The first-order chi connectivity index (χ1) is 11.3. The van der Waals surface area contributed by atoms with Crippen LogP contribution in [-0.2, 0) is 6.54 Å². The Hall–Kier alpha value is -1.66. The molecule has 5 nitrogen and oxygen atoms in total. The predicted octanol–water partition coefficient (Wildman–Crippen LogP) is 2.60. The van der Waals surface area contributed by atoms with E-state index in [1.807, 2.05) is 25.8 Å². The van der Waals surface area contributed by atoms with E-state index >= 15 is 0 Å². The van der Waals surface area contributed by atoms with Gasteiger partial charge in [-0.2, -0.15) is 0 Å². The lowest BCUT2D eigenvalue weighted by molar-refractivity contribution is 0.165. The van der Waals surface area contributed by atoms with Gasteiger partial charge in [0.25, 0.3) is 0 Å². The van der Waals surface area contributed by atoms with Crippen molar-refractivity contribution < 1.29 is 9.18 Å². The molecule has 0 heterocycles. The van der Waals surface area contributed by atoms with Crippen LogP contribution in [0.25, 0.3) is 0 Å². The Morgan fingerprint density at radius 3 is 2.50 bits per heavy atom. The van der Waals surface area contributed by atoms with E-state index in [1.165, 1.54) is 6.07 Å². The Bertz CT molecular complexity index is 550. The summed E-state index contributed by atoms with van der Waals surface area (Å²) in [5, 5.41) is 2.81. The first-order valence-corrected chi connectivity index (χ1v) is 8.45. The van der Waals surface area contributed by atoms with E-state index in [9.17, 15) is 9.18 Å². The quantitative estimate of drug-likeness (QED) is 0.716. The van der Waals surface area contributed by atoms with Gasteiger partial charge in [-0.05, 0) is 44.5 Å². The first kappa shape index (κ1) is 20.4. The maximum absolute atomic E-state index is 14.0. The van der Waals surface area contributed by atoms with Gasteiger partial charge < -0.3 is 16.0 Å². The van der Waals surface area contributed by atoms with Crippen LogP contribution in [-0.4, -0.2) is 49.2 Å². The summed E-state index contributed by atoms with van der Waals surface area (Å²) in [5.74, 6) is -0.283. The Morgan fingerprint density at radius 1 is 1.29 bits per heavy atom. The number of hydrogen-bond acceptors (Lipinski definition) is 3. The summed E-state index contributed by atoms with van der Waals surface area (Å²) in [6.45, 7) is 7.24. The molecule has 24 heavy (non-hydrogen) atoms. The van der Waals surface area contributed by atoms with E-state index in [2.05, 4.69) is 12.2 Å². The zero-order chi connectivity index (χ0) is 18.3. The molecule has 1 rings (SSSR count). The van der Waals surface area contributed by atoms with Gasteiger partial charge in [-0.1, -0.05) is 19.4 Å². The van der Waals surface area contributed by atoms with E-state index in [0.717, 1.165) is 24.0 Å². The molecule has 0 bridgehead atoms. The van der Waals surface area contributed by atoms with E-state index in [4.69, 9.17) is 5.73 Å². The van der Waals surface area contributed by atoms with Crippen LogP contribution < -0.4 is 11.1 Å². The highest BCUT2D eigenvalue weighted by atomic mass is 19.1. The average Bonchev–Trinajstić information content (AvgIpc) is 2.55. The third kappa shape index (κ3) is 5.76. The van der Waals surface area contributed by atoms with Gasteiger partial charge in [0.05, 0.1) is 0 Å². The van der Waals surface area contributed by atoms with Gasteiger partial charge >= 0.3 is 6.03 Å². The number of amides is 2. The summed E-state index contributed by atoms with van der Waals surface area (Å²) in [6, 6.07) is 3.18. The molecule has 1 aromatic carbocycles. The topological polar surface area (TPSA) is 61.6 Å². The second kappa shape index (κ2) is 9.59. The molecule has 0 radical (unpaired) electrons. The molecule has 0 saturated heterocycles. The van der Waals surface area contributed by atoms with Gasteiger partial charge in [0.2, 0.25) is 0 Å². The predicted molar refractivity (Wildman–Crippen MR) is 96.3 cm³/mol. The van der Waals surface area contributed by atoms with Crippen molar-refractivity contribution in [3.63, 3.8) is 0 Å². The molecule has 2 amide bonds. The lowest BCUT2D eigenvalue weighted by Gasteiger charge is -2.31. The van der Waals surface area contributed by atoms with Crippen molar-refractivity contribution in [1.82, 2.24) is 15.1 Å². The minimum atomic E-state index is -0.283. The maximum atomic E-state index is 14.0. The number of likely N-dealkylation sites (N-methyl/N-ethyl adjacent to an activating group) is 2. The van der Waals surface area contributed by atoms with Crippen molar-refractivity contribution in [3.05, 3.63) is 34.6 Å². The standard InChI is InChI=1S/C18H31FN4O/c1-6-7-16(11-22(4)12-20)23(5)18(24)21-10-15-8-13(2)14(3)9-17(15)19/h8-9,16H,6-7,10-12,20H2,1-5H3,(H,21,24). The monoisotopic (exact) mass is 338 g/mol. The number of benzene rings is 1. The van der Waals surface area contributed by atoms with E-state index < -0.39 is 0 Å². The van der Waals surface area contributed by atoms with Gasteiger partial charge in [0.15, 0.2) is 0 Å². The Kier molecular flexibility index (Phi) is 8.15. The lowest BCUT2D eigenvalue weighted by atomic mass is 10.1. The van der Waals surface area contributed by atoms with Crippen LogP contribution in [0.4, 0.5) is 9.18 Å². The SMILES string of the molecule is CCCC(CN(C)CN)N(C)C(=O)NCc1cc(C)c(C)cc1F. The van der Waals surface area contributed by atoms with Crippen LogP contribution in [0.1, 0.15) is 36.5 Å². The summed E-state index contributed by atoms with van der Waals surface area (Å²) in [6.07, 6.45) is 1.87. The van der Waals surface area contributed by atoms with Gasteiger partial charge in [0, 0.05) is 38.4 Å². The molecule has 1 atom stereocenters. The number of nitrogens with two attached hydrogens (primary N) is 1. The number of nitrogens with one attached hydrogen (secondary N) is 1. The van der Waals surface area contributed by atoms with Crippen LogP contribution in [0, 0.1) is 19.7 Å². The second-order valence-corrected chi connectivity index (χ2v) is 6.46. The Morgan fingerprint density at radius 2 is 1.92 bits per heavy atom. The molecule has 6 heteroatoms. The molecule has 0 aliphatic carbocycles. The van der Waals surface area contributed by atoms with Gasteiger partial charge in [-0.15, -0.1) is 0 Å². The molecule has 3 N–H and O–H groups in total. The third-order valence-corrected chi connectivity index (χ3v) is 4.42. The third-order valence-electron chi connectivity index (χ3n) is 4.42. The molecule has 0 spiro atoms. The first-order valence-electron chi connectivity index (χ1n) is 8.45. The highest BCUT2D eigenvalue weighted by Crippen LogP contribution is 2.15. The number of aryl methyl sites for hydroxylation is 2. The fourth-order valence-corrected chi connectivity index (χ4v) is 2.61. The molecule has 1 aromatic rings. The highest BCUT2D eigenvalue weighted by Gasteiger charge is 2.20. The summed E-state index contributed by atoms with van der Waals surface area (Å²) >= 11 is 0. The molecule has 0 fully saturated rings. The number of carbonyl (C=O) groups excluding carboxylic acids is 1. The number of urea groups is 1. The van der Waals surface area contributed by atoms with Crippen molar-refractivity contribution in [2.45, 2.75) is 46.2 Å².